The predicted molar refractivity (Wildman–Crippen MR) is 72.8 cm³/mol. The number of rotatable bonds is 3. The van der Waals surface area contributed by atoms with E-state index < -0.39 is 10.0 Å². The molecule has 0 atom stereocenters. The summed E-state index contributed by atoms with van der Waals surface area (Å²) in [5, 5.41) is 13.0. The first-order valence-electron chi connectivity index (χ1n) is 5.11. The van der Waals surface area contributed by atoms with E-state index in [4.69, 9.17) is 12.2 Å². The van der Waals surface area contributed by atoms with Crippen molar-refractivity contribution in [3.05, 3.63) is 42.6 Å². The molecular formula is C10H9N5O2S2. The van der Waals surface area contributed by atoms with Gasteiger partial charge >= 0.3 is 0 Å². The molecule has 0 spiro atoms. The van der Waals surface area contributed by atoms with Crippen LogP contribution in [0.15, 0.2) is 47.5 Å². The van der Waals surface area contributed by atoms with Crippen molar-refractivity contribution >= 4 is 33.2 Å². The molecule has 1 heterocycles. The Balaban J connectivity index is 2.07. The van der Waals surface area contributed by atoms with E-state index in [-0.39, 0.29) is 10.0 Å². The number of aromatic nitrogens is 3. The van der Waals surface area contributed by atoms with E-state index in [9.17, 15) is 8.42 Å². The summed E-state index contributed by atoms with van der Waals surface area (Å²) in [5.74, 6) is 0.302. The van der Waals surface area contributed by atoms with Crippen molar-refractivity contribution < 1.29 is 8.42 Å². The third kappa shape index (κ3) is 3.66. The summed E-state index contributed by atoms with van der Waals surface area (Å²) in [5.41, 5.74) is 0. The molecule has 1 aromatic carbocycles. The zero-order valence-corrected chi connectivity index (χ0v) is 11.1. The van der Waals surface area contributed by atoms with Crippen molar-refractivity contribution in [2.45, 2.75) is 4.90 Å². The molecule has 9 heteroatoms. The number of anilines is 1. The van der Waals surface area contributed by atoms with Crippen LogP contribution in [0.25, 0.3) is 0 Å². The summed E-state index contributed by atoms with van der Waals surface area (Å²) in [4.78, 5) is 0.125. The second-order valence-electron chi connectivity index (χ2n) is 3.38. The molecule has 0 aliphatic rings. The summed E-state index contributed by atoms with van der Waals surface area (Å²) >= 11 is 4.89. The summed E-state index contributed by atoms with van der Waals surface area (Å²) in [6.45, 7) is 0. The van der Waals surface area contributed by atoms with Gasteiger partial charge < -0.3 is 5.32 Å². The highest BCUT2D eigenvalue weighted by molar-refractivity contribution is 7.92. The lowest BCUT2D eigenvalue weighted by atomic mass is 10.4. The Morgan fingerprint density at radius 2 is 1.89 bits per heavy atom. The van der Waals surface area contributed by atoms with Crippen LogP contribution < -0.4 is 10.0 Å². The van der Waals surface area contributed by atoms with E-state index in [1.807, 2.05) is 0 Å². The topological polar surface area (TPSA) is 96.9 Å². The van der Waals surface area contributed by atoms with Crippen LogP contribution in [0.2, 0.25) is 0 Å². The second kappa shape index (κ2) is 5.67. The van der Waals surface area contributed by atoms with E-state index >= 15 is 0 Å². The number of sulfonamides is 1. The molecule has 0 saturated heterocycles. The number of hydrogen-bond donors (Lipinski definition) is 2. The first kappa shape index (κ1) is 13.3. The predicted octanol–water partition coefficient (Wildman–Crippen LogP) is 0.547. The average Bonchev–Trinajstić information content (AvgIpc) is 2.40. The average molecular weight is 295 g/mol. The molecule has 19 heavy (non-hydrogen) atoms. The molecule has 0 fully saturated rings. The van der Waals surface area contributed by atoms with Crippen molar-refractivity contribution in [1.82, 2.24) is 20.1 Å². The van der Waals surface area contributed by atoms with Crippen LogP contribution in [-0.4, -0.2) is 28.9 Å². The van der Waals surface area contributed by atoms with Gasteiger partial charge in [-0.1, -0.05) is 18.2 Å². The third-order valence-electron chi connectivity index (χ3n) is 2.03. The molecule has 1 aromatic heterocycles. The van der Waals surface area contributed by atoms with Gasteiger partial charge in [-0.25, -0.2) is 8.42 Å². The van der Waals surface area contributed by atoms with Gasteiger partial charge in [-0.3, -0.25) is 4.72 Å². The first-order chi connectivity index (χ1) is 9.08. The van der Waals surface area contributed by atoms with Crippen LogP contribution in [0.4, 0.5) is 5.82 Å². The Kier molecular flexibility index (Phi) is 3.97. The maximum atomic E-state index is 11.9. The monoisotopic (exact) mass is 295 g/mol. The minimum absolute atomic E-state index is 0.0932. The summed E-state index contributed by atoms with van der Waals surface area (Å²) in [6.07, 6.45) is 1.41. The van der Waals surface area contributed by atoms with Gasteiger partial charge in [0.05, 0.1) is 11.1 Å². The molecule has 0 unspecified atom stereocenters. The van der Waals surface area contributed by atoms with Crippen molar-refractivity contribution in [2.75, 3.05) is 5.32 Å². The Bertz CT molecular complexity index is 661. The molecular weight excluding hydrogens is 286 g/mol. The summed E-state index contributed by atoms with van der Waals surface area (Å²) in [6, 6.07) is 9.42. The van der Waals surface area contributed by atoms with E-state index in [0.29, 0.717) is 5.82 Å². The maximum Gasteiger partial charge on any atom is 0.263 e. The van der Waals surface area contributed by atoms with Crippen LogP contribution in [0.5, 0.6) is 0 Å². The van der Waals surface area contributed by atoms with Gasteiger partial charge in [-0.05, 0) is 29.6 Å². The lowest BCUT2D eigenvalue weighted by molar-refractivity contribution is 0.593. The van der Waals surface area contributed by atoms with Gasteiger partial charge in [-0.2, -0.15) is 0 Å². The van der Waals surface area contributed by atoms with Gasteiger partial charge in [-0.15, -0.1) is 10.2 Å². The van der Waals surface area contributed by atoms with Crippen molar-refractivity contribution in [2.24, 2.45) is 0 Å². The molecule has 7 nitrogen and oxygen atoms in total. The minimum atomic E-state index is -3.70. The molecule has 0 amide bonds. The number of thiocarbonyl (C=S) groups is 1. The van der Waals surface area contributed by atoms with Gasteiger partial charge in [0.1, 0.15) is 0 Å². The zero-order valence-electron chi connectivity index (χ0n) is 9.52. The quantitative estimate of drug-likeness (QED) is 0.798. The lowest BCUT2D eigenvalue weighted by Gasteiger charge is -2.09. The Labute approximate surface area is 115 Å². The van der Waals surface area contributed by atoms with E-state index in [1.165, 1.54) is 24.4 Å². The maximum absolute atomic E-state index is 11.9. The number of benzene rings is 1. The number of hydrogen-bond acceptors (Lipinski definition) is 6. The van der Waals surface area contributed by atoms with Crippen molar-refractivity contribution in [3.8, 4) is 0 Å². The van der Waals surface area contributed by atoms with Gasteiger partial charge in [0.25, 0.3) is 10.0 Å². The fraction of sp³-hybridized carbons (Fsp3) is 0. The largest absolute Gasteiger partial charge is 0.315 e. The number of nitrogens with zero attached hydrogens (tertiary/aromatic N) is 3. The standard InChI is InChI=1S/C10H9N5O2S2/c16-19(17,8-4-2-1-3-5-8)14-10(18)12-9-6-7-11-15-13-9/h1-7H,(H2,11,12,13,14,18). The Morgan fingerprint density at radius 1 is 1.16 bits per heavy atom. The molecule has 2 rings (SSSR count). The van der Waals surface area contributed by atoms with E-state index in [1.54, 1.807) is 18.2 Å². The molecule has 0 saturated carbocycles. The molecule has 98 valence electrons. The smallest absolute Gasteiger partial charge is 0.263 e. The normalized spacial score (nSPS) is 10.7. The Hall–Kier alpha value is -2.13. The van der Waals surface area contributed by atoms with Crippen molar-refractivity contribution in [3.63, 3.8) is 0 Å². The highest BCUT2D eigenvalue weighted by Gasteiger charge is 2.15. The molecule has 2 aromatic rings. The van der Waals surface area contributed by atoms with E-state index in [0.717, 1.165) is 0 Å². The fourth-order valence-corrected chi connectivity index (χ4v) is 2.59. The molecule has 0 radical (unpaired) electrons. The fourth-order valence-electron chi connectivity index (χ4n) is 1.23. The van der Waals surface area contributed by atoms with Gasteiger partial charge in [0.15, 0.2) is 10.9 Å². The highest BCUT2D eigenvalue weighted by atomic mass is 32.2. The van der Waals surface area contributed by atoms with Crippen LogP contribution in [-0.2, 0) is 10.0 Å². The molecule has 0 aliphatic carbocycles. The lowest BCUT2D eigenvalue weighted by Crippen LogP contribution is -2.34. The molecule has 0 aliphatic heterocycles. The minimum Gasteiger partial charge on any atom is -0.315 e. The number of nitrogens with one attached hydrogen (secondary N) is 2. The molecule has 2 N–H and O–H groups in total. The second-order valence-corrected chi connectivity index (χ2v) is 5.47. The van der Waals surface area contributed by atoms with Crippen LogP contribution in [0.1, 0.15) is 0 Å². The van der Waals surface area contributed by atoms with E-state index in [2.05, 4.69) is 25.4 Å². The SMILES string of the molecule is O=S(=O)(NC(=S)Nc1ccnnn1)c1ccccc1. The van der Waals surface area contributed by atoms with Gasteiger partial charge in [0, 0.05) is 6.07 Å². The first-order valence-corrected chi connectivity index (χ1v) is 7.00. The third-order valence-corrected chi connectivity index (χ3v) is 3.72. The van der Waals surface area contributed by atoms with Crippen LogP contribution >= 0.6 is 12.2 Å². The van der Waals surface area contributed by atoms with Crippen LogP contribution in [0, 0.1) is 0 Å². The zero-order chi connectivity index (χ0) is 13.7. The van der Waals surface area contributed by atoms with Gasteiger partial charge in [0.2, 0.25) is 0 Å². The Morgan fingerprint density at radius 3 is 2.53 bits per heavy atom. The summed E-state index contributed by atoms with van der Waals surface area (Å²) in [7, 11) is -3.70. The molecule has 0 bridgehead atoms. The summed E-state index contributed by atoms with van der Waals surface area (Å²) < 4.78 is 26.1. The van der Waals surface area contributed by atoms with Crippen LogP contribution in [0.3, 0.4) is 0 Å². The highest BCUT2D eigenvalue weighted by Crippen LogP contribution is 2.07. The van der Waals surface area contributed by atoms with Crippen molar-refractivity contribution in [1.29, 1.82) is 0 Å².